The molecule has 3 N–H and O–H groups in total. The van der Waals surface area contributed by atoms with Crippen molar-refractivity contribution in [2.45, 2.75) is 69.6 Å². The Balaban J connectivity index is 1.66. The van der Waals surface area contributed by atoms with Crippen molar-refractivity contribution in [3.05, 3.63) is 94.5 Å². The summed E-state index contributed by atoms with van der Waals surface area (Å²) in [5.41, 5.74) is -1.13. The number of carbonyl (C=O) groups is 3. The summed E-state index contributed by atoms with van der Waals surface area (Å²) in [5, 5.41) is 8.75. The predicted octanol–water partition coefficient (Wildman–Crippen LogP) is 6.55. The highest BCUT2D eigenvalue weighted by Gasteiger charge is 2.45. The topological polar surface area (TPSA) is 109 Å². The largest absolute Gasteiger partial charge is 0.461 e. The number of halogens is 6. The van der Waals surface area contributed by atoms with E-state index in [-0.39, 0.29) is 40.3 Å². The van der Waals surface area contributed by atoms with Gasteiger partial charge in [0.15, 0.2) is 0 Å². The minimum atomic E-state index is -4.92. The molecule has 0 spiro atoms. The molecule has 0 aliphatic heterocycles. The van der Waals surface area contributed by atoms with Crippen molar-refractivity contribution >= 4 is 29.3 Å². The normalized spacial score (nSPS) is 17.5. The van der Waals surface area contributed by atoms with Crippen molar-refractivity contribution in [1.29, 1.82) is 0 Å². The van der Waals surface area contributed by atoms with Crippen LogP contribution in [-0.4, -0.2) is 47.8 Å². The van der Waals surface area contributed by atoms with Crippen molar-refractivity contribution in [2.75, 3.05) is 6.54 Å². The van der Waals surface area contributed by atoms with Crippen molar-refractivity contribution in [2.24, 2.45) is 5.92 Å². The first-order valence-corrected chi connectivity index (χ1v) is 15.3. The number of hydrogen-bond acceptors (Lipinski definition) is 5. The molecule has 1 fully saturated rings. The molecule has 1 saturated carbocycles. The Kier molecular flexibility index (Phi) is 11.8. The van der Waals surface area contributed by atoms with Gasteiger partial charge < -0.3 is 25.5 Å². The summed E-state index contributed by atoms with van der Waals surface area (Å²) in [6, 6.07) is 12.9. The van der Waals surface area contributed by atoms with Gasteiger partial charge in [0.1, 0.15) is 22.9 Å². The first-order valence-electron chi connectivity index (χ1n) is 15.0. The van der Waals surface area contributed by atoms with Gasteiger partial charge in [-0.3, -0.25) is 9.78 Å². The van der Waals surface area contributed by atoms with E-state index < -0.39 is 41.7 Å². The molecule has 8 nitrogen and oxygen atoms in total. The van der Waals surface area contributed by atoms with E-state index in [1.165, 1.54) is 25.3 Å². The molecular weight excluding hydrogens is 647 g/mol. The molecule has 1 aliphatic carbocycles. The number of pyridine rings is 1. The molecule has 3 aromatic rings. The van der Waals surface area contributed by atoms with E-state index in [0.717, 1.165) is 12.1 Å². The second-order valence-corrected chi connectivity index (χ2v) is 11.9. The van der Waals surface area contributed by atoms with E-state index >= 15 is 4.39 Å². The third kappa shape index (κ3) is 9.63. The van der Waals surface area contributed by atoms with E-state index in [4.69, 9.17) is 11.6 Å². The molecular formula is C33H34ClF5N4O4. The van der Waals surface area contributed by atoms with Gasteiger partial charge in [0.2, 0.25) is 5.91 Å². The van der Waals surface area contributed by atoms with Gasteiger partial charge in [-0.2, -0.15) is 17.6 Å². The van der Waals surface area contributed by atoms with Gasteiger partial charge in [0.05, 0.1) is 10.7 Å². The summed E-state index contributed by atoms with van der Waals surface area (Å²) >= 11 is 6.09. The Bertz CT molecular complexity index is 1550. The maximum absolute atomic E-state index is 15.1. The number of nitrogens with zero attached hydrogens (tertiary/aromatic N) is 1. The standard InChI is InChI=1S/C33H34ClF5N4O4/c1-20(44)6-5-13-40-29(45)22-9-11-26(14-22)42-31(46)43-32(18-21-7-3-2-4-8-21,28-12-10-24(34)19-41-28)23-15-25(35)17-27(16-23)47-33(38,39)30(36)37/h2-4,7-8,10,12,15-17,19,22,26,30H,5-6,9,11,13-14,18H2,1H3,(H,40,45)(H2,42,43,46)/t22-,26+,32-/m0/s1. The molecule has 0 radical (unpaired) electrons. The fourth-order valence-electron chi connectivity index (χ4n) is 5.58. The van der Waals surface area contributed by atoms with E-state index in [0.29, 0.717) is 50.3 Å². The Morgan fingerprint density at radius 1 is 1.06 bits per heavy atom. The Morgan fingerprint density at radius 2 is 1.81 bits per heavy atom. The molecule has 3 atom stereocenters. The number of amides is 3. The van der Waals surface area contributed by atoms with Crippen LogP contribution in [0.1, 0.15) is 55.8 Å². The molecule has 47 heavy (non-hydrogen) atoms. The summed E-state index contributed by atoms with van der Waals surface area (Å²) in [7, 11) is 0. The summed E-state index contributed by atoms with van der Waals surface area (Å²) < 4.78 is 73.1. The molecule has 1 heterocycles. The van der Waals surface area contributed by atoms with Crippen molar-refractivity contribution < 1.29 is 41.1 Å². The van der Waals surface area contributed by atoms with Crippen LogP contribution in [0.25, 0.3) is 0 Å². The lowest BCUT2D eigenvalue weighted by atomic mass is 9.80. The zero-order valence-corrected chi connectivity index (χ0v) is 26.1. The van der Waals surface area contributed by atoms with Crippen molar-refractivity contribution in [1.82, 2.24) is 20.9 Å². The summed E-state index contributed by atoms with van der Waals surface area (Å²) in [6.07, 6.45) is -5.72. The van der Waals surface area contributed by atoms with Gasteiger partial charge in [0, 0.05) is 43.6 Å². The molecule has 4 rings (SSSR count). The Morgan fingerprint density at radius 3 is 2.47 bits per heavy atom. The highest BCUT2D eigenvalue weighted by atomic mass is 35.5. The molecule has 252 valence electrons. The van der Waals surface area contributed by atoms with Crippen molar-refractivity contribution in [3.63, 3.8) is 0 Å². The molecule has 0 saturated heterocycles. The maximum atomic E-state index is 15.1. The maximum Gasteiger partial charge on any atom is 0.461 e. The van der Waals surface area contributed by atoms with Crippen LogP contribution in [-0.2, 0) is 21.5 Å². The molecule has 2 aromatic carbocycles. The number of aromatic nitrogens is 1. The smallest absolute Gasteiger partial charge is 0.428 e. The fourth-order valence-corrected chi connectivity index (χ4v) is 5.69. The van der Waals surface area contributed by atoms with Crippen LogP contribution < -0.4 is 20.7 Å². The molecule has 0 bridgehead atoms. The number of rotatable bonds is 14. The number of ether oxygens (including phenoxy) is 1. The lowest BCUT2D eigenvalue weighted by Gasteiger charge is -2.36. The van der Waals surface area contributed by atoms with Crippen LogP contribution in [0.2, 0.25) is 5.02 Å². The number of alkyl halides is 4. The minimum absolute atomic E-state index is 0.0284. The molecule has 1 aliphatic rings. The van der Waals surface area contributed by atoms with Gasteiger partial charge in [-0.05, 0) is 68.0 Å². The third-order valence-electron chi connectivity index (χ3n) is 7.82. The second kappa shape index (κ2) is 15.6. The first kappa shape index (κ1) is 35.6. The SMILES string of the molecule is CC(=O)CCCNC(=O)[C@H]1CC[C@@H](NC(=O)N[C@@](Cc2ccccc2)(c2cc(F)cc(OC(F)(F)C(F)F)c2)c2ccc(Cl)cn2)C1. The summed E-state index contributed by atoms with van der Waals surface area (Å²) in [4.78, 5) is 41.9. The quantitative estimate of drug-likeness (QED) is 0.132. The van der Waals surface area contributed by atoms with E-state index in [2.05, 4.69) is 25.7 Å². The Labute approximate surface area is 273 Å². The van der Waals surface area contributed by atoms with Gasteiger partial charge >= 0.3 is 18.6 Å². The van der Waals surface area contributed by atoms with Crippen LogP contribution in [0.5, 0.6) is 5.75 Å². The van der Waals surface area contributed by atoms with Crippen LogP contribution in [0.15, 0.2) is 66.9 Å². The number of Topliss-reactive ketones (excluding diaryl/α,β-unsaturated/α-hetero) is 1. The van der Waals surface area contributed by atoms with E-state index in [9.17, 15) is 31.9 Å². The lowest BCUT2D eigenvalue weighted by molar-refractivity contribution is -0.253. The van der Waals surface area contributed by atoms with E-state index in [1.807, 2.05) is 0 Å². The summed E-state index contributed by atoms with van der Waals surface area (Å²) in [5.74, 6) is -2.52. The van der Waals surface area contributed by atoms with Gasteiger partial charge in [-0.1, -0.05) is 41.9 Å². The molecule has 0 unspecified atom stereocenters. The van der Waals surface area contributed by atoms with Crippen LogP contribution in [0, 0.1) is 11.7 Å². The number of nitrogens with one attached hydrogen (secondary N) is 3. The molecule has 14 heteroatoms. The zero-order valence-electron chi connectivity index (χ0n) is 25.4. The fraction of sp³-hybridized carbons (Fsp3) is 0.394. The average Bonchev–Trinajstić information content (AvgIpc) is 3.47. The number of urea groups is 1. The monoisotopic (exact) mass is 680 g/mol. The Hall–Kier alpha value is -4.26. The lowest BCUT2D eigenvalue weighted by Crippen LogP contribution is -2.54. The van der Waals surface area contributed by atoms with Crippen LogP contribution in [0.3, 0.4) is 0 Å². The third-order valence-corrected chi connectivity index (χ3v) is 8.04. The molecule has 3 amide bonds. The molecule has 1 aromatic heterocycles. The summed E-state index contributed by atoms with van der Waals surface area (Å²) in [6.45, 7) is 1.83. The number of carbonyl (C=O) groups excluding carboxylic acids is 3. The van der Waals surface area contributed by atoms with Gasteiger partial charge in [0.25, 0.3) is 0 Å². The highest BCUT2D eigenvalue weighted by molar-refractivity contribution is 6.30. The van der Waals surface area contributed by atoms with Crippen molar-refractivity contribution in [3.8, 4) is 5.75 Å². The highest BCUT2D eigenvalue weighted by Crippen LogP contribution is 2.37. The van der Waals surface area contributed by atoms with Gasteiger partial charge in [-0.15, -0.1) is 0 Å². The predicted molar refractivity (Wildman–Crippen MR) is 164 cm³/mol. The number of hydrogen-bond donors (Lipinski definition) is 3. The second-order valence-electron chi connectivity index (χ2n) is 11.5. The first-order chi connectivity index (χ1) is 22.3. The zero-order chi connectivity index (χ0) is 34.2. The number of ketones is 1. The van der Waals surface area contributed by atoms with Crippen LogP contribution >= 0.6 is 11.6 Å². The van der Waals surface area contributed by atoms with Gasteiger partial charge in [-0.25, -0.2) is 9.18 Å². The minimum Gasteiger partial charge on any atom is -0.428 e. The van der Waals surface area contributed by atoms with E-state index in [1.54, 1.807) is 30.3 Å². The van der Waals surface area contributed by atoms with Crippen LogP contribution in [0.4, 0.5) is 26.7 Å². The average molecular weight is 681 g/mol. The number of benzene rings is 2.